The zero-order valence-corrected chi connectivity index (χ0v) is 14.1. The minimum absolute atomic E-state index is 0. The van der Waals surface area contributed by atoms with Gasteiger partial charge in [-0.1, -0.05) is 13.8 Å². The second-order valence-corrected chi connectivity index (χ2v) is 2.50. The zero-order valence-electron chi connectivity index (χ0n) is 11.6. The van der Waals surface area contributed by atoms with Gasteiger partial charge in [-0.3, -0.25) is 4.79 Å². The summed E-state index contributed by atoms with van der Waals surface area (Å²) in [5, 5.41) is 29.7. The van der Waals surface area contributed by atoms with E-state index >= 15 is 0 Å². The molecule has 0 aromatic carbocycles. The fraction of sp³-hybridized carbons (Fsp3) is 0.909. The molecule has 0 amide bonds. The minimum Gasteiger partial charge on any atom is -0.400 e. The molecule has 0 aliphatic heterocycles. The normalized spacial score (nSPS) is 8.76. The van der Waals surface area contributed by atoms with Crippen LogP contribution in [0.25, 0.3) is 0 Å². The van der Waals surface area contributed by atoms with Gasteiger partial charge in [-0.25, -0.2) is 0 Å². The Morgan fingerprint density at radius 2 is 1.35 bits per heavy atom. The Balaban J connectivity index is -0.0000000594. The summed E-state index contributed by atoms with van der Waals surface area (Å²) in [6.45, 7) is 3.91. The third kappa shape index (κ3) is 26.2. The molecule has 106 valence electrons. The Labute approximate surface area is 124 Å². The summed E-state index contributed by atoms with van der Waals surface area (Å²) < 4.78 is 0. The number of ketones is 1. The molecule has 0 saturated heterocycles. The number of Topliss-reactive ketones (excluding diaryl/α,β-unsaturated/α-hetero) is 1. The van der Waals surface area contributed by atoms with E-state index in [-0.39, 0.29) is 44.5 Å². The van der Waals surface area contributed by atoms with Crippen LogP contribution in [0.15, 0.2) is 0 Å². The SMILES string of the molecule is CCCC(=O)C(CC)CO.CO.CO.CO.[Zr]. The topological polar surface area (TPSA) is 98.0 Å². The summed E-state index contributed by atoms with van der Waals surface area (Å²) in [6.07, 6.45) is 2.25. The van der Waals surface area contributed by atoms with Gasteiger partial charge in [0.2, 0.25) is 0 Å². The first-order valence-corrected chi connectivity index (χ1v) is 5.23. The van der Waals surface area contributed by atoms with Gasteiger partial charge in [0.05, 0.1) is 6.61 Å². The van der Waals surface area contributed by atoms with E-state index in [1.165, 1.54) is 0 Å². The minimum atomic E-state index is -0.111. The van der Waals surface area contributed by atoms with Crippen molar-refractivity contribution in [2.24, 2.45) is 5.92 Å². The summed E-state index contributed by atoms with van der Waals surface area (Å²) in [6, 6.07) is 0. The molecule has 0 aromatic heterocycles. The number of rotatable bonds is 5. The van der Waals surface area contributed by atoms with Crippen LogP contribution in [-0.4, -0.2) is 54.1 Å². The van der Waals surface area contributed by atoms with Gasteiger partial charge < -0.3 is 20.4 Å². The van der Waals surface area contributed by atoms with Crippen LogP contribution in [0.4, 0.5) is 0 Å². The van der Waals surface area contributed by atoms with E-state index in [9.17, 15) is 4.79 Å². The largest absolute Gasteiger partial charge is 0.400 e. The molecule has 17 heavy (non-hydrogen) atoms. The van der Waals surface area contributed by atoms with E-state index in [1.54, 1.807) is 0 Å². The van der Waals surface area contributed by atoms with E-state index in [1.807, 2.05) is 13.8 Å². The third-order valence-electron chi connectivity index (χ3n) is 1.66. The molecule has 0 aliphatic rings. The maximum absolute atomic E-state index is 11.0. The van der Waals surface area contributed by atoms with Gasteiger partial charge in [0.1, 0.15) is 5.78 Å². The van der Waals surface area contributed by atoms with Crippen molar-refractivity contribution in [2.45, 2.75) is 33.1 Å². The summed E-state index contributed by atoms with van der Waals surface area (Å²) in [5.74, 6) is 0.0902. The molecular weight excluding hydrogens is 303 g/mol. The fourth-order valence-corrected chi connectivity index (χ4v) is 0.909. The Morgan fingerprint density at radius 1 is 1.00 bits per heavy atom. The number of carbonyl (C=O) groups excluding carboxylic acids is 1. The Morgan fingerprint density at radius 3 is 1.53 bits per heavy atom. The zero-order chi connectivity index (χ0) is 14.0. The third-order valence-corrected chi connectivity index (χ3v) is 1.66. The summed E-state index contributed by atoms with van der Waals surface area (Å²) in [4.78, 5) is 11.0. The first-order chi connectivity index (χ1) is 7.76. The molecule has 1 unspecified atom stereocenters. The van der Waals surface area contributed by atoms with Crippen molar-refractivity contribution in [3.63, 3.8) is 0 Å². The van der Waals surface area contributed by atoms with Gasteiger partial charge in [0.15, 0.2) is 0 Å². The number of hydrogen-bond acceptors (Lipinski definition) is 5. The van der Waals surface area contributed by atoms with Crippen LogP contribution in [-0.2, 0) is 31.0 Å². The molecule has 0 radical (unpaired) electrons. The van der Waals surface area contributed by atoms with E-state index in [2.05, 4.69) is 0 Å². The second kappa shape index (κ2) is 36.0. The van der Waals surface area contributed by atoms with Crippen molar-refractivity contribution in [1.82, 2.24) is 0 Å². The molecule has 1 atom stereocenters. The molecule has 0 fully saturated rings. The van der Waals surface area contributed by atoms with Gasteiger partial charge in [0.25, 0.3) is 0 Å². The quantitative estimate of drug-likeness (QED) is 0.577. The first kappa shape index (κ1) is 30.4. The van der Waals surface area contributed by atoms with Crippen LogP contribution >= 0.6 is 0 Å². The molecule has 6 heteroatoms. The molecule has 0 heterocycles. The Hall–Kier alpha value is 0.393. The van der Waals surface area contributed by atoms with Crippen LogP contribution in [0.5, 0.6) is 0 Å². The van der Waals surface area contributed by atoms with Crippen molar-refractivity contribution >= 4 is 5.78 Å². The van der Waals surface area contributed by atoms with Gasteiger partial charge >= 0.3 is 0 Å². The van der Waals surface area contributed by atoms with Crippen molar-refractivity contribution in [3.8, 4) is 0 Å². The van der Waals surface area contributed by atoms with Gasteiger partial charge in [-0.05, 0) is 12.8 Å². The van der Waals surface area contributed by atoms with Crippen molar-refractivity contribution in [2.75, 3.05) is 27.9 Å². The smallest absolute Gasteiger partial charge is 0.138 e. The van der Waals surface area contributed by atoms with E-state index in [0.29, 0.717) is 6.42 Å². The van der Waals surface area contributed by atoms with Crippen molar-refractivity contribution in [3.05, 3.63) is 0 Å². The van der Waals surface area contributed by atoms with E-state index < -0.39 is 0 Å². The monoisotopic (exact) mass is 330 g/mol. The Kier molecular flexibility index (Phi) is 64.4. The maximum Gasteiger partial charge on any atom is 0.138 e. The van der Waals surface area contributed by atoms with Gasteiger partial charge in [-0.2, -0.15) is 0 Å². The number of carbonyl (C=O) groups is 1. The van der Waals surface area contributed by atoms with Gasteiger partial charge in [0, 0.05) is 59.9 Å². The van der Waals surface area contributed by atoms with Crippen LogP contribution in [0.3, 0.4) is 0 Å². The molecule has 0 saturated carbocycles. The average molecular weight is 332 g/mol. The van der Waals surface area contributed by atoms with E-state index in [4.69, 9.17) is 20.4 Å². The fourth-order valence-electron chi connectivity index (χ4n) is 0.909. The summed E-state index contributed by atoms with van der Waals surface area (Å²) in [7, 11) is 3.00. The molecule has 4 N–H and O–H groups in total. The maximum atomic E-state index is 11.0. The molecule has 0 aromatic rings. The van der Waals surface area contributed by atoms with Crippen LogP contribution in [0, 0.1) is 5.92 Å². The summed E-state index contributed by atoms with van der Waals surface area (Å²) in [5.41, 5.74) is 0. The predicted octanol–water partition coefficient (Wildman–Crippen LogP) is 0.197. The molecule has 5 nitrogen and oxygen atoms in total. The number of hydrogen-bond donors (Lipinski definition) is 4. The van der Waals surface area contributed by atoms with Crippen molar-refractivity contribution in [1.29, 1.82) is 0 Å². The molecule has 0 spiro atoms. The molecule has 0 rings (SSSR count). The second-order valence-electron chi connectivity index (χ2n) is 2.50. The standard InChI is InChI=1S/C8H16O2.3CH4O.Zr/c1-3-5-8(10)7(4-2)6-9;3*1-2;/h7,9H,3-6H2,1-2H3;3*2H,1H3;. The molecular formula is C11H28O5Zr. The van der Waals surface area contributed by atoms with Crippen LogP contribution in [0.2, 0.25) is 0 Å². The molecule has 0 bridgehead atoms. The van der Waals surface area contributed by atoms with Crippen LogP contribution in [0.1, 0.15) is 33.1 Å². The summed E-state index contributed by atoms with van der Waals surface area (Å²) >= 11 is 0. The van der Waals surface area contributed by atoms with E-state index in [0.717, 1.165) is 34.2 Å². The first-order valence-electron chi connectivity index (χ1n) is 5.23. The van der Waals surface area contributed by atoms with Gasteiger partial charge in [-0.15, -0.1) is 0 Å². The average Bonchev–Trinajstić information content (AvgIpc) is 2.38. The van der Waals surface area contributed by atoms with Crippen molar-refractivity contribution < 1.29 is 51.4 Å². The Bertz CT molecular complexity index is 108. The molecule has 0 aliphatic carbocycles. The number of aliphatic hydroxyl groups is 4. The predicted molar refractivity (Wildman–Crippen MR) is 65.2 cm³/mol. The number of aliphatic hydroxyl groups excluding tert-OH is 4. The van der Waals surface area contributed by atoms with Crippen LogP contribution < -0.4 is 0 Å².